The zero-order chi connectivity index (χ0) is 23.1. The number of rotatable bonds is 5. The zero-order valence-electron chi connectivity index (χ0n) is 19.3. The number of nitrogens with zero attached hydrogens (tertiary/aromatic N) is 2. The van der Waals surface area contributed by atoms with Crippen molar-refractivity contribution < 1.29 is 27.6 Å². The molecule has 2 aromatic rings. The van der Waals surface area contributed by atoms with Gasteiger partial charge in [-0.25, -0.2) is 14.2 Å². The number of carbonyl (C=O) groups is 1. The lowest BCUT2D eigenvalue weighted by atomic mass is 9.78. The van der Waals surface area contributed by atoms with Crippen LogP contribution >= 0.6 is 0 Å². The molecule has 0 radical (unpaired) electrons. The Kier molecular flexibility index (Phi) is 6.07. The van der Waals surface area contributed by atoms with E-state index >= 15 is 4.39 Å². The van der Waals surface area contributed by atoms with Gasteiger partial charge in [0.2, 0.25) is 0 Å². The van der Waals surface area contributed by atoms with Crippen LogP contribution in [0.5, 0.6) is 0 Å². The summed E-state index contributed by atoms with van der Waals surface area (Å²) in [6, 6.07) is 4.95. The van der Waals surface area contributed by atoms with E-state index in [0.717, 1.165) is 25.7 Å². The van der Waals surface area contributed by atoms with Crippen LogP contribution in [-0.2, 0) is 20.7 Å². The summed E-state index contributed by atoms with van der Waals surface area (Å²) in [6.45, 7) is 7.61. The van der Waals surface area contributed by atoms with Crippen LogP contribution in [0.3, 0.4) is 0 Å². The van der Waals surface area contributed by atoms with Crippen molar-refractivity contribution in [2.45, 2.75) is 77.2 Å². The molecule has 1 aromatic heterocycles. The molecule has 1 aliphatic heterocycles. The predicted octanol–water partition coefficient (Wildman–Crippen LogP) is 4.29. The van der Waals surface area contributed by atoms with Gasteiger partial charge in [0.15, 0.2) is 18.8 Å². The van der Waals surface area contributed by atoms with Crippen molar-refractivity contribution in [2.75, 3.05) is 7.05 Å². The third-order valence-electron chi connectivity index (χ3n) is 6.91. The summed E-state index contributed by atoms with van der Waals surface area (Å²) in [5, 5.41) is 0. The number of carbonyl (C=O) groups excluding carboxylic acids is 1. The Hall–Kier alpha value is -2.39. The lowest BCUT2D eigenvalue weighted by Crippen LogP contribution is -2.41. The lowest BCUT2D eigenvalue weighted by Gasteiger charge is -2.32. The highest BCUT2D eigenvalue weighted by Crippen LogP contribution is 2.37. The Labute approximate surface area is 188 Å². The number of oxazole rings is 1. The molecule has 1 amide bonds. The topological polar surface area (TPSA) is 74.0 Å². The number of hydrogen-bond donors (Lipinski definition) is 0. The van der Waals surface area contributed by atoms with Crippen molar-refractivity contribution in [3.05, 3.63) is 36.2 Å². The fourth-order valence-corrected chi connectivity index (χ4v) is 4.11. The second kappa shape index (κ2) is 8.52. The molecule has 1 saturated heterocycles. The van der Waals surface area contributed by atoms with Gasteiger partial charge in [0.05, 0.1) is 11.2 Å². The summed E-state index contributed by atoms with van der Waals surface area (Å²) in [5.74, 6) is -0.103. The van der Waals surface area contributed by atoms with Gasteiger partial charge < -0.3 is 23.4 Å². The van der Waals surface area contributed by atoms with Crippen LogP contribution in [0, 0.1) is 5.82 Å². The average Bonchev–Trinajstić information content (AvgIpc) is 3.45. The molecule has 1 aliphatic carbocycles. The van der Waals surface area contributed by atoms with Crippen molar-refractivity contribution in [2.24, 2.45) is 0 Å². The Bertz CT molecular complexity index is 971. The first-order chi connectivity index (χ1) is 15.1. The van der Waals surface area contributed by atoms with E-state index in [-0.39, 0.29) is 12.6 Å². The number of aromatic nitrogens is 1. The minimum Gasteiger partial charge on any atom is -0.444 e. The van der Waals surface area contributed by atoms with Crippen LogP contribution in [0.4, 0.5) is 9.18 Å². The standard InChI is InChI=1S/C23H30BFN2O5/c1-22(2)23(3,4)32-24(31-22)17-11-10-15(12-18(17)25)20-19(30-14-26-20)13-29-21(28)27(5)16-8-6-7-9-16/h10-12,14,16H,6-9,13H2,1-5H3. The molecule has 0 spiro atoms. The second-order valence-electron chi connectivity index (χ2n) is 9.55. The Balaban J connectivity index is 1.46. The van der Waals surface area contributed by atoms with Gasteiger partial charge in [-0.1, -0.05) is 25.0 Å². The molecule has 172 valence electrons. The van der Waals surface area contributed by atoms with E-state index in [4.69, 9.17) is 18.5 Å². The quantitative estimate of drug-likeness (QED) is 0.641. The summed E-state index contributed by atoms with van der Waals surface area (Å²) < 4.78 is 37.8. The first kappa shape index (κ1) is 22.8. The molecule has 2 heterocycles. The molecule has 4 rings (SSSR count). The van der Waals surface area contributed by atoms with Gasteiger partial charge in [0.1, 0.15) is 11.5 Å². The molecule has 2 aliphatic rings. The van der Waals surface area contributed by atoms with Gasteiger partial charge in [-0.05, 0) is 46.6 Å². The van der Waals surface area contributed by atoms with Crippen LogP contribution < -0.4 is 5.46 Å². The Morgan fingerprint density at radius 3 is 2.50 bits per heavy atom. The van der Waals surface area contributed by atoms with E-state index < -0.39 is 30.2 Å². The van der Waals surface area contributed by atoms with Crippen LogP contribution in [0.25, 0.3) is 11.3 Å². The Morgan fingerprint density at radius 2 is 1.88 bits per heavy atom. The molecule has 0 N–H and O–H groups in total. The molecule has 2 fully saturated rings. The van der Waals surface area contributed by atoms with Crippen LogP contribution in [0.1, 0.15) is 59.1 Å². The maximum Gasteiger partial charge on any atom is 0.497 e. The largest absolute Gasteiger partial charge is 0.497 e. The number of benzene rings is 1. The number of halogens is 1. The predicted molar refractivity (Wildman–Crippen MR) is 118 cm³/mol. The first-order valence-corrected chi connectivity index (χ1v) is 11.1. The maximum absolute atomic E-state index is 15.0. The van der Waals surface area contributed by atoms with Crippen molar-refractivity contribution in [3.63, 3.8) is 0 Å². The van der Waals surface area contributed by atoms with Gasteiger partial charge in [0, 0.05) is 24.1 Å². The lowest BCUT2D eigenvalue weighted by molar-refractivity contribution is 0.00578. The van der Waals surface area contributed by atoms with E-state index in [1.165, 1.54) is 12.5 Å². The molecule has 9 heteroatoms. The summed E-state index contributed by atoms with van der Waals surface area (Å²) in [7, 11) is 0.960. The second-order valence-corrected chi connectivity index (χ2v) is 9.55. The van der Waals surface area contributed by atoms with Crippen molar-refractivity contribution in [1.82, 2.24) is 9.88 Å². The monoisotopic (exact) mass is 444 g/mol. The number of amides is 1. The third kappa shape index (κ3) is 4.28. The molecule has 1 saturated carbocycles. The van der Waals surface area contributed by atoms with E-state index in [1.54, 1.807) is 24.1 Å². The summed E-state index contributed by atoms with van der Waals surface area (Å²) in [4.78, 5) is 18.2. The normalized spacial score (nSPS) is 20.0. The SMILES string of the molecule is CN(C(=O)OCc1ocnc1-c1ccc(B2OC(C)(C)C(C)(C)O2)c(F)c1)C1CCCC1. The van der Waals surface area contributed by atoms with Gasteiger partial charge in [-0.2, -0.15) is 0 Å². The minimum atomic E-state index is -0.794. The van der Waals surface area contributed by atoms with Gasteiger partial charge in [0.25, 0.3) is 0 Å². The van der Waals surface area contributed by atoms with E-state index in [1.807, 2.05) is 27.7 Å². The highest BCUT2D eigenvalue weighted by atomic mass is 19.1. The number of hydrogen-bond acceptors (Lipinski definition) is 6. The third-order valence-corrected chi connectivity index (χ3v) is 6.91. The molecule has 0 bridgehead atoms. The molecular weight excluding hydrogens is 414 g/mol. The average molecular weight is 444 g/mol. The molecule has 32 heavy (non-hydrogen) atoms. The van der Waals surface area contributed by atoms with Crippen molar-refractivity contribution in [1.29, 1.82) is 0 Å². The van der Waals surface area contributed by atoms with Gasteiger partial charge >= 0.3 is 13.2 Å². The van der Waals surface area contributed by atoms with Gasteiger partial charge in [-0.3, -0.25) is 0 Å². The van der Waals surface area contributed by atoms with E-state index in [0.29, 0.717) is 22.5 Å². The molecule has 1 aromatic carbocycles. The fraction of sp³-hybridized carbons (Fsp3) is 0.565. The summed E-state index contributed by atoms with van der Waals surface area (Å²) in [6.07, 6.45) is 5.10. The number of ether oxygens (including phenoxy) is 1. The molecule has 7 nitrogen and oxygen atoms in total. The van der Waals surface area contributed by atoms with Crippen LogP contribution in [0.15, 0.2) is 29.0 Å². The van der Waals surface area contributed by atoms with E-state index in [2.05, 4.69) is 4.98 Å². The van der Waals surface area contributed by atoms with Crippen LogP contribution in [-0.4, -0.2) is 47.4 Å². The highest BCUT2D eigenvalue weighted by Gasteiger charge is 2.52. The molecule has 0 unspecified atom stereocenters. The van der Waals surface area contributed by atoms with Crippen molar-refractivity contribution >= 4 is 18.7 Å². The molecular formula is C23H30BFN2O5. The molecule has 0 atom stereocenters. The zero-order valence-corrected chi connectivity index (χ0v) is 19.3. The summed E-state index contributed by atoms with van der Waals surface area (Å²) in [5.41, 5.74) is 0.157. The van der Waals surface area contributed by atoms with Gasteiger partial charge in [-0.15, -0.1) is 0 Å². The Morgan fingerprint density at radius 1 is 1.22 bits per heavy atom. The maximum atomic E-state index is 15.0. The highest BCUT2D eigenvalue weighted by molar-refractivity contribution is 6.62. The van der Waals surface area contributed by atoms with Crippen molar-refractivity contribution in [3.8, 4) is 11.3 Å². The van der Waals surface area contributed by atoms with Crippen LogP contribution in [0.2, 0.25) is 0 Å². The minimum absolute atomic E-state index is 0.0776. The van der Waals surface area contributed by atoms with E-state index in [9.17, 15) is 4.79 Å². The smallest absolute Gasteiger partial charge is 0.444 e. The fourth-order valence-electron chi connectivity index (χ4n) is 4.11. The summed E-state index contributed by atoms with van der Waals surface area (Å²) >= 11 is 0. The first-order valence-electron chi connectivity index (χ1n) is 11.1.